The Morgan fingerprint density at radius 2 is 1.56 bits per heavy atom. The van der Waals surface area contributed by atoms with E-state index in [2.05, 4.69) is 5.32 Å². The molecular formula is C24H33N3O4S. The van der Waals surface area contributed by atoms with Crippen molar-refractivity contribution < 1.29 is 18.0 Å². The lowest BCUT2D eigenvalue weighted by atomic mass is 10.1. The van der Waals surface area contributed by atoms with Gasteiger partial charge in [0.25, 0.3) is 0 Å². The molecule has 32 heavy (non-hydrogen) atoms. The summed E-state index contributed by atoms with van der Waals surface area (Å²) >= 11 is 0. The highest BCUT2D eigenvalue weighted by molar-refractivity contribution is 7.89. The molecule has 0 unspecified atom stereocenters. The number of hydrogen-bond donors (Lipinski definition) is 1. The third kappa shape index (κ3) is 6.90. The minimum absolute atomic E-state index is 0.150. The molecule has 1 atom stereocenters. The number of benzene rings is 2. The normalized spacial score (nSPS) is 12.4. The van der Waals surface area contributed by atoms with Gasteiger partial charge in [-0.25, -0.2) is 12.7 Å². The third-order valence-corrected chi connectivity index (χ3v) is 7.12. The van der Waals surface area contributed by atoms with Crippen molar-refractivity contribution in [3.8, 4) is 0 Å². The fourth-order valence-corrected chi connectivity index (χ4v) is 4.71. The highest BCUT2D eigenvalue weighted by atomic mass is 32.2. The molecular weight excluding hydrogens is 426 g/mol. The van der Waals surface area contributed by atoms with Gasteiger partial charge in [-0.1, -0.05) is 55.5 Å². The van der Waals surface area contributed by atoms with E-state index in [0.717, 1.165) is 5.56 Å². The summed E-state index contributed by atoms with van der Waals surface area (Å²) in [6.45, 7) is 4.75. The maximum absolute atomic E-state index is 13.1. The van der Waals surface area contributed by atoms with Crippen LogP contribution in [0.1, 0.15) is 38.7 Å². The average Bonchev–Trinajstić information content (AvgIpc) is 2.80. The number of nitrogens with zero attached hydrogens (tertiary/aromatic N) is 2. The van der Waals surface area contributed by atoms with E-state index in [-0.39, 0.29) is 29.7 Å². The summed E-state index contributed by atoms with van der Waals surface area (Å²) in [5.74, 6) is -0.347. The number of carbonyl (C=O) groups excluding carboxylic acids is 2. The van der Waals surface area contributed by atoms with E-state index >= 15 is 0 Å². The lowest BCUT2D eigenvalue weighted by Crippen LogP contribution is -2.49. The van der Waals surface area contributed by atoms with Crippen molar-refractivity contribution in [3.63, 3.8) is 0 Å². The van der Waals surface area contributed by atoms with Gasteiger partial charge in [0, 0.05) is 33.1 Å². The predicted molar refractivity (Wildman–Crippen MR) is 125 cm³/mol. The summed E-state index contributed by atoms with van der Waals surface area (Å²) in [5.41, 5.74) is 0.937. The standard InChI is InChI=1S/C24H33N3O4S/c1-4-22(24(29)25-5-2)27(19-20-13-8-6-9-14-20)23(28)17-12-18-26(3)32(30,31)21-15-10-7-11-16-21/h6-11,13-16,22H,4-5,12,17-19H2,1-3H3,(H,25,29)/t22-/m1/s1. The van der Waals surface area contributed by atoms with Gasteiger partial charge in [0.05, 0.1) is 4.90 Å². The van der Waals surface area contributed by atoms with Crippen LogP contribution < -0.4 is 5.32 Å². The molecule has 0 aliphatic heterocycles. The topological polar surface area (TPSA) is 86.8 Å². The van der Waals surface area contributed by atoms with E-state index in [4.69, 9.17) is 0 Å². The van der Waals surface area contributed by atoms with Crippen LogP contribution >= 0.6 is 0 Å². The monoisotopic (exact) mass is 459 g/mol. The van der Waals surface area contributed by atoms with E-state index in [1.165, 1.54) is 11.4 Å². The molecule has 7 nitrogen and oxygen atoms in total. The fraction of sp³-hybridized carbons (Fsp3) is 0.417. The Bertz CT molecular complexity index is 965. The van der Waals surface area contributed by atoms with Gasteiger partial charge in [0.15, 0.2) is 0 Å². The van der Waals surface area contributed by atoms with Gasteiger partial charge in [-0.3, -0.25) is 9.59 Å². The van der Waals surface area contributed by atoms with Crippen molar-refractivity contribution in [2.45, 2.75) is 50.6 Å². The predicted octanol–water partition coefficient (Wildman–Crippen LogP) is 3.03. The fourth-order valence-electron chi connectivity index (χ4n) is 3.48. The Morgan fingerprint density at radius 1 is 0.969 bits per heavy atom. The second-order valence-corrected chi connectivity index (χ2v) is 9.61. The lowest BCUT2D eigenvalue weighted by molar-refractivity contribution is -0.141. The highest BCUT2D eigenvalue weighted by Crippen LogP contribution is 2.17. The summed E-state index contributed by atoms with van der Waals surface area (Å²) in [7, 11) is -2.09. The van der Waals surface area contributed by atoms with Crippen molar-refractivity contribution in [2.24, 2.45) is 0 Å². The molecule has 0 radical (unpaired) electrons. The van der Waals surface area contributed by atoms with Crippen molar-refractivity contribution >= 4 is 21.8 Å². The minimum atomic E-state index is -3.60. The molecule has 0 saturated heterocycles. The smallest absolute Gasteiger partial charge is 0.242 e. The van der Waals surface area contributed by atoms with Gasteiger partial charge >= 0.3 is 0 Å². The maximum Gasteiger partial charge on any atom is 0.242 e. The molecule has 0 aliphatic rings. The number of rotatable bonds is 12. The highest BCUT2D eigenvalue weighted by Gasteiger charge is 2.28. The van der Waals surface area contributed by atoms with Gasteiger partial charge < -0.3 is 10.2 Å². The van der Waals surface area contributed by atoms with Crippen LogP contribution in [0.5, 0.6) is 0 Å². The van der Waals surface area contributed by atoms with Crippen LogP contribution in [0.15, 0.2) is 65.6 Å². The van der Waals surface area contributed by atoms with E-state index in [9.17, 15) is 18.0 Å². The molecule has 2 amide bonds. The molecule has 1 N–H and O–H groups in total. The minimum Gasteiger partial charge on any atom is -0.355 e. The summed E-state index contributed by atoms with van der Waals surface area (Å²) in [4.78, 5) is 27.6. The number of hydrogen-bond acceptors (Lipinski definition) is 4. The molecule has 2 rings (SSSR count). The molecule has 0 aliphatic carbocycles. The Balaban J connectivity index is 2.07. The number of carbonyl (C=O) groups is 2. The van der Waals surface area contributed by atoms with E-state index in [0.29, 0.717) is 25.9 Å². The molecule has 0 fully saturated rings. The van der Waals surface area contributed by atoms with Crippen LogP contribution in [-0.2, 0) is 26.2 Å². The molecule has 174 valence electrons. The van der Waals surface area contributed by atoms with Crippen molar-refractivity contribution in [3.05, 3.63) is 66.2 Å². The van der Waals surface area contributed by atoms with E-state index in [1.54, 1.807) is 35.2 Å². The Labute approximate surface area is 191 Å². The van der Waals surface area contributed by atoms with Crippen molar-refractivity contribution in [1.82, 2.24) is 14.5 Å². The Kier molecular flexibility index (Phi) is 9.87. The molecule has 0 saturated carbocycles. The van der Waals surface area contributed by atoms with Crippen LogP contribution in [0.4, 0.5) is 0 Å². The first kappa shape index (κ1) is 25.5. The van der Waals surface area contributed by atoms with Gasteiger partial charge in [-0.15, -0.1) is 0 Å². The molecule has 0 bridgehead atoms. The first-order valence-electron chi connectivity index (χ1n) is 10.9. The van der Waals surface area contributed by atoms with Gasteiger partial charge in [0.1, 0.15) is 6.04 Å². The molecule has 0 spiro atoms. The number of sulfonamides is 1. The largest absolute Gasteiger partial charge is 0.355 e. The summed E-state index contributed by atoms with van der Waals surface area (Å²) < 4.78 is 26.6. The first-order chi connectivity index (χ1) is 15.3. The van der Waals surface area contributed by atoms with Crippen LogP contribution in [0.3, 0.4) is 0 Å². The van der Waals surface area contributed by atoms with Gasteiger partial charge in [-0.05, 0) is 37.5 Å². The van der Waals surface area contributed by atoms with E-state index < -0.39 is 16.1 Å². The van der Waals surface area contributed by atoms with Crippen molar-refractivity contribution in [2.75, 3.05) is 20.1 Å². The average molecular weight is 460 g/mol. The summed E-state index contributed by atoms with van der Waals surface area (Å²) in [6.07, 6.45) is 1.00. The summed E-state index contributed by atoms with van der Waals surface area (Å²) in [5, 5.41) is 2.81. The Morgan fingerprint density at radius 3 is 2.12 bits per heavy atom. The maximum atomic E-state index is 13.1. The molecule has 8 heteroatoms. The van der Waals surface area contributed by atoms with Crippen LogP contribution in [0.2, 0.25) is 0 Å². The SMILES string of the molecule is CCNC(=O)[C@@H](CC)N(Cc1ccccc1)C(=O)CCCN(C)S(=O)(=O)c1ccccc1. The number of amides is 2. The second-order valence-electron chi connectivity index (χ2n) is 7.57. The molecule has 0 heterocycles. The van der Waals surface area contributed by atoms with Gasteiger partial charge in [0.2, 0.25) is 21.8 Å². The quantitative estimate of drug-likeness (QED) is 0.529. The second kappa shape index (κ2) is 12.4. The molecule has 2 aromatic carbocycles. The van der Waals surface area contributed by atoms with E-state index in [1.807, 2.05) is 44.2 Å². The van der Waals surface area contributed by atoms with Crippen LogP contribution in [0.25, 0.3) is 0 Å². The first-order valence-corrected chi connectivity index (χ1v) is 12.4. The zero-order chi connectivity index (χ0) is 23.6. The van der Waals surface area contributed by atoms with Gasteiger partial charge in [-0.2, -0.15) is 0 Å². The Hall–Kier alpha value is -2.71. The van der Waals surface area contributed by atoms with Crippen LogP contribution in [0, 0.1) is 0 Å². The zero-order valence-corrected chi connectivity index (χ0v) is 19.8. The van der Waals surface area contributed by atoms with Crippen molar-refractivity contribution in [1.29, 1.82) is 0 Å². The van der Waals surface area contributed by atoms with Crippen LogP contribution in [-0.4, -0.2) is 55.6 Å². The number of nitrogens with one attached hydrogen (secondary N) is 1. The number of likely N-dealkylation sites (N-methyl/N-ethyl adjacent to an activating group) is 1. The molecule has 0 aromatic heterocycles. The third-order valence-electron chi connectivity index (χ3n) is 5.25. The summed E-state index contributed by atoms with van der Waals surface area (Å²) in [6, 6.07) is 17.2. The zero-order valence-electron chi connectivity index (χ0n) is 19.0. The molecule has 2 aromatic rings. The lowest BCUT2D eigenvalue weighted by Gasteiger charge is -2.31.